The first-order valence-electron chi connectivity index (χ1n) is 7.59. The number of ether oxygens (including phenoxy) is 1. The molecule has 23 heavy (non-hydrogen) atoms. The standard InChI is InChI=1S/C20H17NOS/c1-2-23-20-19(16-11-7-4-8-12-16)18(17(13-21)14-22-20)15-9-5-3-6-10-15/h3-12H,2,14H2,1H3. The lowest BCUT2D eigenvalue weighted by Crippen LogP contribution is -2.10. The number of hydrogen-bond donors (Lipinski definition) is 0. The van der Waals surface area contributed by atoms with Crippen LogP contribution < -0.4 is 0 Å². The first kappa shape index (κ1) is 15.5. The van der Waals surface area contributed by atoms with E-state index < -0.39 is 0 Å². The second-order valence-corrected chi connectivity index (χ2v) is 6.32. The molecule has 0 saturated carbocycles. The van der Waals surface area contributed by atoms with Crippen LogP contribution in [0.3, 0.4) is 0 Å². The summed E-state index contributed by atoms with van der Waals surface area (Å²) in [4.78, 5) is 0. The third-order valence-electron chi connectivity index (χ3n) is 3.64. The maximum absolute atomic E-state index is 9.59. The van der Waals surface area contributed by atoms with Crippen molar-refractivity contribution in [2.75, 3.05) is 12.4 Å². The van der Waals surface area contributed by atoms with Crippen molar-refractivity contribution in [2.24, 2.45) is 0 Å². The molecule has 0 atom stereocenters. The largest absolute Gasteiger partial charge is 0.481 e. The van der Waals surface area contributed by atoms with Gasteiger partial charge in [0.2, 0.25) is 0 Å². The summed E-state index contributed by atoms with van der Waals surface area (Å²) in [7, 11) is 0. The molecule has 1 aliphatic rings. The van der Waals surface area contributed by atoms with Crippen LogP contribution >= 0.6 is 11.8 Å². The number of rotatable bonds is 4. The highest BCUT2D eigenvalue weighted by Crippen LogP contribution is 2.43. The molecule has 2 aromatic rings. The van der Waals surface area contributed by atoms with E-state index in [1.807, 2.05) is 36.4 Å². The Labute approximate surface area is 141 Å². The molecule has 0 aromatic heterocycles. The summed E-state index contributed by atoms with van der Waals surface area (Å²) in [6.07, 6.45) is 0. The molecular weight excluding hydrogens is 302 g/mol. The Kier molecular flexibility index (Phi) is 4.85. The van der Waals surface area contributed by atoms with Crippen LogP contribution in [0, 0.1) is 11.3 Å². The van der Waals surface area contributed by atoms with Gasteiger partial charge in [-0.25, -0.2) is 0 Å². The van der Waals surface area contributed by atoms with Crippen LogP contribution in [-0.2, 0) is 4.74 Å². The van der Waals surface area contributed by atoms with Crippen molar-refractivity contribution in [3.05, 3.63) is 82.5 Å². The van der Waals surface area contributed by atoms with E-state index in [0.29, 0.717) is 12.2 Å². The SMILES string of the molecule is CCSC1=C(c2ccccc2)C(c2ccccc2)=C(C#N)CO1. The Bertz CT molecular complexity index is 785. The topological polar surface area (TPSA) is 33.0 Å². The van der Waals surface area contributed by atoms with E-state index >= 15 is 0 Å². The van der Waals surface area contributed by atoms with E-state index in [1.165, 1.54) is 0 Å². The van der Waals surface area contributed by atoms with E-state index in [-0.39, 0.29) is 0 Å². The van der Waals surface area contributed by atoms with Gasteiger partial charge in [-0.15, -0.1) is 0 Å². The third-order valence-corrected chi connectivity index (χ3v) is 4.51. The monoisotopic (exact) mass is 319 g/mol. The maximum atomic E-state index is 9.59. The minimum Gasteiger partial charge on any atom is -0.481 e. The summed E-state index contributed by atoms with van der Waals surface area (Å²) in [5.74, 6) is 0.926. The number of benzene rings is 2. The second-order valence-electron chi connectivity index (χ2n) is 5.08. The van der Waals surface area contributed by atoms with Crippen LogP contribution in [0.2, 0.25) is 0 Å². The van der Waals surface area contributed by atoms with Crippen LogP contribution in [-0.4, -0.2) is 12.4 Å². The third kappa shape index (κ3) is 3.18. The molecule has 0 unspecified atom stereocenters. The van der Waals surface area contributed by atoms with E-state index in [9.17, 15) is 5.26 Å². The normalized spacial score (nSPS) is 14.4. The van der Waals surface area contributed by atoms with Crippen LogP contribution in [0.4, 0.5) is 0 Å². The van der Waals surface area contributed by atoms with Gasteiger partial charge in [0, 0.05) is 11.1 Å². The van der Waals surface area contributed by atoms with Crippen molar-refractivity contribution >= 4 is 22.9 Å². The molecule has 1 heterocycles. The van der Waals surface area contributed by atoms with Gasteiger partial charge in [-0.2, -0.15) is 5.26 Å². The first-order chi connectivity index (χ1) is 11.3. The van der Waals surface area contributed by atoms with Gasteiger partial charge in [-0.3, -0.25) is 0 Å². The van der Waals surface area contributed by atoms with Crippen molar-refractivity contribution in [3.63, 3.8) is 0 Å². The van der Waals surface area contributed by atoms with Gasteiger partial charge in [-0.1, -0.05) is 79.3 Å². The lowest BCUT2D eigenvalue weighted by Gasteiger charge is -2.24. The van der Waals surface area contributed by atoms with E-state index in [0.717, 1.165) is 33.1 Å². The predicted molar refractivity (Wildman–Crippen MR) is 96.4 cm³/mol. The predicted octanol–water partition coefficient (Wildman–Crippen LogP) is 5.12. The number of allylic oxidation sites excluding steroid dienone is 2. The molecule has 0 bridgehead atoms. The fourth-order valence-electron chi connectivity index (χ4n) is 2.66. The van der Waals surface area contributed by atoms with Gasteiger partial charge in [-0.05, 0) is 16.9 Å². The van der Waals surface area contributed by atoms with E-state index in [1.54, 1.807) is 11.8 Å². The van der Waals surface area contributed by atoms with Crippen molar-refractivity contribution < 1.29 is 4.74 Å². The summed E-state index contributed by atoms with van der Waals surface area (Å²) in [6.45, 7) is 2.44. The molecule has 0 N–H and O–H groups in total. The zero-order valence-corrected chi connectivity index (χ0v) is 13.8. The molecule has 0 saturated heterocycles. The molecule has 0 amide bonds. The molecule has 3 heteroatoms. The molecule has 2 aromatic carbocycles. The van der Waals surface area contributed by atoms with Crippen LogP contribution in [0.5, 0.6) is 0 Å². The maximum Gasteiger partial charge on any atom is 0.162 e. The summed E-state index contributed by atoms with van der Waals surface area (Å²) < 4.78 is 5.90. The Morgan fingerprint density at radius 3 is 2.04 bits per heavy atom. The van der Waals surface area contributed by atoms with E-state index in [4.69, 9.17) is 4.74 Å². The fourth-order valence-corrected chi connectivity index (χ4v) is 3.43. The van der Waals surface area contributed by atoms with Gasteiger partial charge in [0.15, 0.2) is 5.09 Å². The summed E-state index contributed by atoms with van der Waals surface area (Å²) in [5.41, 5.74) is 4.82. The molecule has 0 fully saturated rings. The fraction of sp³-hybridized carbons (Fsp3) is 0.150. The van der Waals surface area contributed by atoms with Crippen LogP contribution in [0.1, 0.15) is 18.1 Å². The van der Waals surface area contributed by atoms with Crippen molar-refractivity contribution in [1.82, 2.24) is 0 Å². The molecule has 1 aliphatic heterocycles. The van der Waals surface area contributed by atoms with Crippen LogP contribution in [0.15, 0.2) is 71.3 Å². The summed E-state index contributed by atoms with van der Waals surface area (Å²) >= 11 is 1.68. The molecule has 114 valence electrons. The Hall–Kier alpha value is -2.44. The highest BCUT2D eigenvalue weighted by Gasteiger charge is 2.25. The Morgan fingerprint density at radius 1 is 0.957 bits per heavy atom. The molecule has 2 nitrogen and oxygen atoms in total. The van der Waals surface area contributed by atoms with E-state index in [2.05, 4.69) is 37.3 Å². The number of nitrogens with zero attached hydrogens (tertiary/aromatic N) is 1. The minimum atomic E-state index is 0.333. The van der Waals surface area contributed by atoms with Gasteiger partial charge < -0.3 is 4.74 Å². The quantitative estimate of drug-likeness (QED) is 0.784. The zero-order chi connectivity index (χ0) is 16.1. The van der Waals surface area contributed by atoms with Crippen molar-refractivity contribution in [3.8, 4) is 6.07 Å². The van der Waals surface area contributed by atoms with Gasteiger partial charge in [0.05, 0.1) is 11.6 Å². The first-order valence-corrected chi connectivity index (χ1v) is 8.58. The Morgan fingerprint density at radius 2 is 1.52 bits per heavy atom. The average molecular weight is 319 g/mol. The molecular formula is C20H17NOS. The number of nitriles is 1. The molecule has 0 spiro atoms. The molecule has 0 radical (unpaired) electrons. The zero-order valence-electron chi connectivity index (χ0n) is 13.0. The minimum absolute atomic E-state index is 0.333. The lowest BCUT2D eigenvalue weighted by molar-refractivity contribution is 0.271. The lowest BCUT2D eigenvalue weighted by atomic mass is 9.89. The van der Waals surface area contributed by atoms with Crippen LogP contribution in [0.25, 0.3) is 11.1 Å². The molecule has 3 rings (SSSR count). The van der Waals surface area contributed by atoms with Gasteiger partial charge in [0.1, 0.15) is 6.61 Å². The summed E-state index contributed by atoms with van der Waals surface area (Å²) in [5, 5.41) is 10.5. The van der Waals surface area contributed by atoms with Crippen molar-refractivity contribution in [1.29, 1.82) is 5.26 Å². The second kappa shape index (κ2) is 7.21. The number of thioether (sulfide) groups is 1. The highest BCUT2D eigenvalue weighted by atomic mass is 32.2. The molecule has 0 aliphatic carbocycles. The number of hydrogen-bond acceptors (Lipinski definition) is 3. The Balaban J connectivity index is 2.25. The highest BCUT2D eigenvalue weighted by molar-refractivity contribution is 8.03. The smallest absolute Gasteiger partial charge is 0.162 e. The van der Waals surface area contributed by atoms with Gasteiger partial charge >= 0.3 is 0 Å². The average Bonchev–Trinajstić information content (AvgIpc) is 2.63. The summed E-state index contributed by atoms with van der Waals surface area (Å²) in [6, 6.07) is 22.6. The van der Waals surface area contributed by atoms with Crippen molar-refractivity contribution in [2.45, 2.75) is 6.92 Å². The van der Waals surface area contributed by atoms with Gasteiger partial charge in [0.25, 0.3) is 0 Å².